The summed E-state index contributed by atoms with van der Waals surface area (Å²) in [4.78, 5) is 25.2. The number of aromatic nitrogens is 1. The van der Waals surface area contributed by atoms with Gasteiger partial charge in [0.05, 0.1) is 29.9 Å². The molecular formula is C27H34N2O4S. The molecule has 1 atom stereocenters. The van der Waals surface area contributed by atoms with Gasteiger partial charge in [-0.25, -0.2) is 4.79 Å². The molecule has 182 valence electrons. The van der Waals surface area contributed by atoms with Gasteiger partial charge in [0.2, 0.25) is 0 Å². The van der Waals surface area contributed by atoms with Crippen LogP contribution in [0.1, 0.15) is 65.5 Å². The number of rotatable bonds is 5. The van der Waals surface area contributed by atoms with E-state index in [1.54, 1.807) is 20.0 Å². The van der Waals surface area contributed by atoms with Crippen molar-refractivity contribution in [3.63, 3.8) is 0 Å². The largest absolute Gasteiger partial charge is 0.491 e. The van der Waals surface area contributed by atoms with Crippen LogP contribution in [-0.4, -0.2) is 53.4 Å². The second-order valence-electron chi connectivity index (χ2n) is 9.91. The molecule has 6 nitrogen and oxygen atoms in total. The molecule has 2 aromatic carbocycles. The Balaban J connectivity index is 1.88. The number of ether oxygens (including phenoxy) is 2. The summed E-state index contributed by atoms with van der Waals surface area (Å²) in [5, 5.41) is 3.82. The third kappa shape index (κ3) is 3.86. The van der Waals surface area contributed by atoms with Crippen LogP contribution in [0.4, 0.5) is 0 Å². The first-order chi connectivity index (χ1) is 16.0. The third-order valence-corrected chi connectivity index (χ3v) is 11.3. The molecule has 0 saturated carbocycles. The molecule has 0 spiro atoms. The first kappa shape index (κ1) is 24.2. The van der Waals surface area contributed by atoms with Crippen LogP contribution in [-0.2, 0) is 4.74 Å². The lowest BCUT2D eigenvalue weighted by molar-refractivity contribution is 0.0526. The second kappa shape index (κ2) is 8.69. The van der Waals surface area contributed by atoms with Crippen molar-refractivity contribution < 1.29 is 19.1 Å². The third-order valence-electron chi connectivity index (χ3n) is 6.97. The predicted octanol–water partition coefficient (Wildman–Crippen LogP) is 5.33. The summed E-state index contributed by atoms with van der Waals surface area (Å²) in [5.41, 5.74) is 3.87. The van der Waals surface area contributed by atoms with Crippen LogP contribution < -0.4 is 10.1 Å². The maximum absolute atomic E-state index is 12.6. The number of amides is 1. The summed E-state index contributed by atoms with van der Waals surface area (Å²) in [7, 11) is 0.436. The number of carbonyl (C=O) groups excluding carboxylic acids is 2. The Morgan fingerprint density at radius 1 is 1.18 bits per heavy atom. The van der Waals surface area contributed by atoms with E-state index in [-0.39, 0.29) is 23.2 Å². The number of carbonyl (C=O) groups is 2. The Labute approximate surface area is 203 Å². The van der Waals surface area contributed by atoms with Crippen LogP contribution in [0.25, 0.3) is 10.9 Å². The molecule has 1 aliphatic heterocycles. The topological polar surface area (TPSA) is 69.6 Å². The van der Waals surface area contributed by atoms with Crippen molar-refractivity contribution >= 4 is 33.0 Å². The van der Waals surface area contributed by atoms with Crippen molar-refractivity contribution in [3.05, 3.63) is 64.8 Å². The number of benzene rings is 2. The van der Waals surface area contributed by atoms with Crippen LogP contribution in [0, 0.1) is 0 Å². The van der Waals surface area contributed by atoms with Gasteiger partial charge in [0.1, 0.15) is 5.75 Å². The zero-order valence-electron chi connectivity index (χ0n) is 21.0. The van der Waals surface area contributed by atoms with Gasteiger partial charge in [0, 0.05) is 34.9 Å². The van der Waals surface area contributed by atoms with E-state index >= 15 is 0 Å². The number of esters is 1. The Morgan fingerprint density at radius 2 is 1.91 bits per heavy atom. The molecule has 4 rings (SSSR count). The molecule has 7 heteroatoms. The SMILES string of the molecule is CCOC(=O)c1cc(C(=O)NC)c2c(c1)C(c1cccc3c1ccn3S(C)(C)C(C)(C)C)CO2. The highest BCUT2D eigenvalue weighted by Crippen LogP contribution is 2.56. The fourth-order valence-corrected chi connectivity index (χ4v) is 5.99. The minimum Gasteiger partial charge on any atom is -0.491 e. The molecule has 0 saturated heterocycles. The molecule has 0 aliphatic carbocycles. The minimum atomic E-state index is -1.13. The molecule has 0 radical (unpaired) electrons. The Bertz CT molecular complexity index is 1270. The van der Waals surface area contributed by atoms with Crippen LogP contribution in [0.2, 0.25) is 0 Å². The van der Waals surface area contributed by atoms with E-state index in [0.717, 1.165) is 16.5 Å². The van der Waals surface area contributed by atoms with E-state index in [1.807, 2.05) is 6.07 Å². The first-order valence-electron chi connectivity index (χ1n) is 11.5. The second-order valence-corrected chi connectivity index (χ2v) is 14.1. The lowest BCUT2D eigenvalue weighted by Crippen LogP contribution is -2.27. The van der Waals surface area contributed by atoms with E-state index < -0.39 is 16.2 Å². The number of fused-ring (bicyclic) bond motifs is 2. The molecule has 1 aliphatic rings. The molecule has 3 aromatic rings. The molecule has 0 fully saturated rings. The van der Waals surface area contributed by atoms with Crippen LogP contribution >= 0.6 is 10.2 Å². The Kier molecular flexibility index (Phi) is 6.19. The van der Waals surface area contributed by atoms with Gasteiger partial charge in [0.15, 0.2) is 0 Å². The maximum Gasteiger partial charge on any atom is 0.338 e. The summed E-state index contributed by atoms with van der Waals surface area (Å²) in [6.45, 7) is 9.31. The van der Waals surface area contributed by atoms with Gasteiger partial charge in [-0.2, -0.15) is 10.2 Å². The van der Waals surface area contributed by atoms with Crippen molar-refractivity contribution in [1.29, 1.82) is 0 Å². The Hall–Kier alpha value is -2.93. The van der Waals surface area contributed by atoms with Gasteiger partial charge in [-0.1, -0.05) is 32.9 Å². The predicted molar refractivity (Wildman–Crippen MR) is 140 cm³/mol. The van der Waals surface area contributed by atoms with Crippen molar-refractivity contribution in [2.45, 2.75) is 38.4 Å². The number of hydrogen-bond donors (Lipinski definition) is 1. The van der Waals surface area contributed by atoms with E-state index in [4.69, 9.17) is 9.47 Å². The van der Waals surface area contributed by atoms with Crippen LogP contribution in [0.5, 0.6) is 5.75 Å². The number of hydrogen-bond acceptors (Lipinski definition) is 4. The smallest absolute Gasteiger partial charge is 0.338 e. The normalized spacial score (nSPS) is 16.1. The number of nitrogens with one attached hydrogen (secondary N) is 1. The highest BCUT2D eigenvalue weighted by molar-refractivity contribution is 8.32. The monoisotopic (exact) mass is 482 g/mol. The quantitative estimate of drug-likeness (QED) is 0.499. The van der Waals surface area contributed by atoms with Crippen molar-refractivity contribution in [1.82, 2.24) is 9.29 Å². The minimum absolute atomic E-state index is 0.0971. The lowest BCUT2D eigenvalue weighted by atomic mass is 9.88. The number of nitrogens with zero attached hydrogens (tertiary/aromatic N) is 1. The molecule has 1 unspecified atom stereocenters. The fraction of sp³-hybridized carbons (Fsp3) is 0.407. The summed E-state index contributed by atoms with van der Waals surface area (Å²) >= 11 is 0. The molecule has 1 aromatic heterocycles. The van der Waals surface area contributed by atoms with E-state index in [1.165, 1.54) is 5.52 Å². The van der Waals surface area contributed by atoms with Gasteiger partial charge >= 0.3 is 5.97 Å². The Morgan fingerprint density at radius 3 is 2.56 bits per heavy atom. The van der Waals surface area contributed by atoms with Crippen LogP contribution in [0.3, 0.4) is 0 Å². The average Bonchev–Trinajstić information content (AvgIpc) is 3.41. The summed E-state index contributed by atoms with van der Waals surface area (Å²) in [6.07, 6.45) is 6.87. The van der Waals surface area contributed by atoms with E-state index in [2.05, 4.69) is 73.0 Å². The van der Waals surface area contributed by atoms with Crippen molar-refractivity contribution in [2.75, 3.05) is 32.8 Å². The van der Waals surface area contributed by atoms with Crippen molar-refractivity contribution in [3.8, 4) is 5.75 Å². The summed E-state index contributed by atoms with van der Waals surface area (Å²) in [5.74, 6) is -0.293. The zero-order chi connectivity index (χ0) is 24.8. The molecular weight excluding hydrogens is 448 g/mol. The van der Waals surface area contributed by atoms with Gasteiger partial charge in [-0.15, -0.1) is 0 Å². The summed E-state index contributed by atoms with van der Waals surface area (Å²) < 4.78 is 13.9. The van der Waals surface area contributed by atoms with E-state index in [0.29, 0.717) is 23.5 Å². The lowest BCUT2D eigenvalue weighted by Gasteiger charge is -2.46. The molecule has 1 N–H and O–H groups in total. The zero-order valence-corrected chi connectivity index (χ0v) is 21.8. The molecule has 2 heterocycles. The van der Waals surface area contributed by atoms with E-state index in [9.17, 15) is 9.59 Å². The highest BCUT2D eigenvalue weighted by atomic mass is 32.3. The average molecular weight is 483 g/mol. The molecule has 34 heavy (non-hydrogen) atoms. The van der Waals surface area contributed by atoms with Gasteiger partial charge in [-0.05, 0) is 49.3 Å². The van der Waals surface area contributed by atoms with Gasteiger partial charge in [0.25, 0.3) is 5.91 Å². The van der Waals surface area contributed by atoms with Gasteiger partial charge in [-0.3, -0.25) is 4.79 Å². The van der Waals surface area contributed by atoms with Crippen LogP contribution in [0.15, 0.2) is 42.6 Å². The van der Waals surface area contributed by atoms with Crippen molar-refractivity contribution in [2.24, 2.45) is 0 Å². The van der Waals surface area contributed by atoms with Gasteiger partial charge < -0.3 is 18.8 Å². The molecule has 1 amide bonds. The fourth-order valence-electron chi connectivity index (χ4n) is 4.38. The molecule has 0 bridgehead atoms. The highest BCUT2D eigenvalue weighted by Gasteiger charge is 2.34. The standard InChI is InChI=1S/C27H34N2O4S/c1-8-32-26(31)17-14-20-22(16-33-24(20)21(15-17)25(30)28-5)18-10-9-11-23-19(18)12-13-29(23)34(6,7)27(2,3)4/h9-15,22H,8,16H2,1-7H3,(H,28,30). The summed E-state index contributed by atoms with van der Waals surface area (Å²) in [6, 6.07) is 11.9. The maximum atomic E-state index is 12.6. The first-order valence-corrected chi connectivity index (χ1v) is 13.9.